The van der Waals surface area contributed by atoms with Crippen LogP contribution < -0.4 is 11.1 Å². The summed E-state index contributed by atoms with van der Waals surface area (Å²) < 4.78 is 5.03. The van der Waals surface area contributed by atoms with Gasteiger partial charge in [0.25, 0.3) is 11.6 Å². The fourth-order valence-corrected chi connectivity index (χ4v) is 2.12. The molecule has 3 N–H and O–H groups in total. The smallest absolute Gasteiger partial charge is 0.271 e. The first kappa shape index (κ1) is 17.2. The van der Waals surface area contributed by atoms with Crippen LogP contribution in [0.1, 0.15) is 30.1 Å². The minimum absolute atomic E-state index is 0.00796. The number of nitro groups is 1. The van der Waals surface area contributed by atoms with Gasteiger partial charge in [0, 0.05) is 19.2 Å². The number of anilines is 1. The number of methoxy groups -OCH3 is 1. The quantitative estimate of drug-likeness (QED) is 0.456. The highest BCUT2D eigenvalue weighted by atomic mass is 35.5. The molecule has 0 heterocycles. The molecular weight excluding hydrogens is 298 g/mol. The van der Waals surface area contributed by atoms with Gasteiger partial charge in [-0.25, -0.2) is 0 Å². The Morgan fingerprint density at radius 2 is 2.24 bits per heavy atom. The number of carbonyl (C=O) groups is 1. The third-order valence-corrected chi connectivity index (χ3v) is 3.22. The van der Waals surface area contributed by atoms with Crippen LogP contribution in [0.25, 0.3) is 0 Å². The monoisotopic (exact) mass is 315 g/mol. The molecule has 0 aliphatic heterocycles. The lowest BCUT2D eigenvalue weighted by atomic mass is 10.1. The van der Waals surface area contributed by atoms with E-state index in [4.69, 9.17) is 22.1 Å². The summed E-state index contributed by atoms with van der Waals surface area (Å²) in [6.07, 6.45) is 1.58. The molecule has 8 heteroatoms. The molecule has 116 valence electrons. The zero-order valence-electron chi connectivity index (χ0n) is 11.9. The molecule has 0 aliphatic rings. The molecule has 0 spiro atoms. The molecule has 7 nitrogen and oxygen atoms in total. The number of halogens is 1. The zero-order chi connectivity index (χ0) is 16.0. The number of nitrogens with zero attached hydrogens (tertiary/aromatic N) is 1. The number of carbonyl (C=O) groups excluding carboxylic acids is 1. The van der Waals surface area contributed by atoms with Crippen LogP contribution >= 0.6 is 11.6 Å². The van der Waals surface area contributed by atoms with E-state index in [0.29, 0.717) is 6.61 Å². The van der Waals surface area contributed by atoms with Crippen LogP contribution in [0.2, 0.25) is 5.02 Å². The number of nitro benzene ring substituents is 1. The summed E-state index contributed by atoms with van der Waals surface area (Å²) in [6, 6.07) is 2.04. The van der Waals surface area contributed by atoms with Gasteiger partial charge in [-0.3, -0.25) is 14.9 Å². The Kier molecular flexibility index (Phi) is 6.39. The topological polar surface area (TPSA) is 107 Å². The van der Waals surface area contributed by atoms with Gasteiger partial charge in [0.15, 0.2) is 0 Å². The van der Waals surface area contributed by atoms with E-state index >= 15 is 0 Å². The van der Waals surface area contributed by atoms with Crippen molar-refractivity contribution in [3.8, 4) is 0 Å². The number of nitrogens with one attached hydrogen (secondary N) is 1. The molecule has 0 aliphatic carbocycles. The molecule has 0 bridgehead atoms. The molecule has 0 saturated heterocycles. The molecule has 1 unspecified atom stereocenters. The van der Waals surface area contributed by atoms with Crippen molar-refractivity contribution in [3.05, 3.63) is 32.8 Å². The van der Waals surface area contributed by atoms with E-state index in [2.05, 4.69) is 5.32 Å². The number of rotatable bonds is 7. The summed E-state index contributed by atoms with van der Waals surface area (Å²) in [4.78, 5) is 22.4. The van der Waals surface area contributed by atoms with Crippen molar-refractivity contribution in [2.75, 3.05) is 19.5 Å². The number of hydrogen-bond acceptors (Lipinski definition) is 5. The Balaban J connectivity index is 3.03. The highest BCUT2D eigenvalue weighted by Crippen LogP contribution is 2.28. The van der Waals surface area contributed by atoms with E-state index in [1.54, 1.807) is 0 Å². The molecule has 1 rings (SSSR count). The van der Waals surface area contributed by atoms with Crippen LogP contribution in [-0.4, -0.2) is 30.6 Å². The highest BCUT2D eigenvalue weighted by molar-refractivity contribution is 6.34. The number of nitrogen functional groups attached to an aromatic ring is 1. The first-order valence-electron chi connectivity index (χ1n) is 6.43. The van der Waals surface area contributed by atoms with Crippen LogP contribution in [0.3, 0.4) is 0 Å². The van der Waals surface area contributed by atoms with Crippen LogP contribution in [0.15, 0.2) is 12.1 Å². The van der Waals surface area contributed by atoms with Crippen molar-refractivity contribution in [3.63, 3.8) is 0 Å². The van der Waals surface area contributed by atoms with Gasteiger partial charge in [-0.15, -0.1) is 0 Å². The first-order chi connectivity index (χ1) is 9.90. The summed E-state index contributed by atoms with van der Waals surface area (Å²) in [5.41, 5.74) is 5.46. The van der Waals surface area contributed by atoms with Gasteiger partial charge in [0.05, 0.1) is 33.8 Å². The lowest BCUT2D eigenvalue weighted by Gasteiger charge is -2.18. The number of amides is 1. The Morgan fingerprint density at radius 3 is 2.76 bits per heavy atom. The number of benzene rings is 1. The second-order valence-corrected chi connectivity index (χ2v) is 4.97. The maximum Gasteiger partial charge on any atom is 0.271 e. The number of ether oxygens (including phenoxy) is 1. The Hall–Kier alpha value is -1.86. The maximum absolute atomic E-state index is 12.2. The molecule has 0 aromatic heterocycles. The second kappa shape index (κ2) is 7.80. The Morgan fingerprint density at radius 1 is 1.57 bits per heavy atom. The van der Waals surface area contributed by atoms with Crippen molar-refractivity contribution < 1.29 is 14.5 Å². The van der Waals surface area contributed by atoms with Gasteiger partial charge in [0.2, 0.25) is 0 Å². The van der Waals surface area contributed by atoms with E-state index in [-0.39, 0.29) is 28.0 Å². The number of hydrogen-bond donors (Lipinski definition) is 2. The van der Waals surface area contributed by atoms with Crippen LogP contribution in [0, 0.1) is 10.1 Å². The van der Waals surface area contributed by atoms with Crippen LogP contribution in [0.5, 0.6) is 0 Å². The molecule has 1 aromatic carbocycles. The minimum atomic E-state index is -0.624. The van der Waals surface area contributed by atoms with Crippen molar-refractivity contribution in [1.29, 1.82) is 0 Å². The third-order valence-electron chi connectivity index (χ3n) is 2.91. The van der Waals surface area contributed by atoms with Gasteiger partial charge in [0.1, 0.15) is 0 Å². The molecule has 0 fully saturated rings. The van der Waals surface area contributed by atoms with Crippen molar-refractivity contribution in [2.45, 2.75) is 25.8 Å². The standard InChI is InChI=1S/C13H18ClN3O4/c1-3-4-8(7-21-2)16-13(18)10-5-9(17(19)20)6-11(14)12(10)15/h5-6,8H,3-4,7,15H2,1-2H3,(H,16,18). The average Bonchev–Trinajstić information content (AvgIpc) is 2.41. The second-order valence-electron chi connectivity index (χ2n) is 4.56. The number of nitrogens with two attached hydrogens (primary N) is 1. The maximum atomic E-state index is 12.2. The summed E-state index contributed by atoms with van der Waals surface area (Å²) in [5.74, 6) is -0.506. The van der Waals surface area contributed by atoms with E-state index in [0.717, 1.165) is 25.0 Å². The summed E-state index contributed by atoms with van der Waals surface area (Å²) >= 11 is 5.83. The van der Waals surface area contributed by atoms with E-state index in [1.165, 1.54) is 7.11 Å². The third kappa shape index (κ3) is 4.57. The molecular formula is C13H18ClN3O4. The average molecular weight is 316 g/mol. The predicted octanol–water partition coefficient (Wildman–Crippen LogP) is 2.38. The van der Waals surface area contributed by atoms with Crippen molar-refractivity contribution >= 4 is 28.9 Å². The lowest BCUT2D eigenvalue weighted by molar-refractivity contribution is -0.384. The lowest BCUT2D eigenvalue weighted by Crippen LogP contribution is -2.38. The summed E-state index contributed by atoms with van der Waals surface area (Å²) in [6.45, 7) is 2.33. The van der Waals surface area contributed by atoms with Crippen molar-refractivity contribution in [1.82, 2.24) is 5.32 Å². The van der Waals surface area contributed by atoms with E-state index < -0.39 is 10.8 Å². The molecule has 0 radical (unpaired) electrons. The van der Waals surface area contributed by atoms with Crippen LogP contribution in [0.4, 0.5) is 11.4 Å². The molecule has 1 amide bonds. The summed E-state index contributed by atoms with van der Waals surface area (Å²) in [5, 5.41) is 13.5. The fraction of sp³-hybridized carbons (Fsp3) is 0.462. The van der Waals surface area contributed by atoms with Gasteiger partial charge >= 0.3 is 0 Å². The van der Waals surface area contributed by atoms with Gasteiger partial charge in [-0.05, 0) is 6.42 Å². The number of non-ortho nitro benzene ring substituents is 1. The van der Waals surface area contributed by atoms with E-state index in [1.807, 2.05) is 6.92 Å². The largest absolute Gasteiger partial charge is 0.397 e. The highest BCUT2D eigenvalue weighted by Gasteiger charge is 2.20. The Bertz CT molecular complexity index is 530. The normalized spacial score (nSPS) is 12.0. The summed E-state index contributed by atoms with van der Waals surface area (Å²) in [7, 11) is 1.54. The van der Waals surface area contributed by atoms with Gasteiger partial charge in [-0.2, -0.15) is 0 Å². The molecule has 1 atom stereocenters. The van der Waals surface area contributed by atoms with Crippen molar-refractivity contribution in [2.24, 2.45) is 0 Å². The SMILES string of the molecule is CCCC(COC)NC(=O)c1cc([N+](=O)[O-])cc(Cl)c1N. The molecule has 1 aromatic rings. The molecule has 0 saturated carbocycles. The van der Waals surface area contributed by atoms with Gasteiger partial charge in [-0.1, -0.05) is 24.9 Å². The van der Waals surface area contributed by atoms with Gasteiger partial charge < -0.3 is 15.8 Å². The van der Waals surface area contributed by atoms with Crippen LogP contribution in [-0.2, 0) is 4.74 Å². The van der Waals surface area contributed by atoms with E-state index in [9.17, 15) is 14.9 Å². The minimum Gasteiger partial charge on any atom is -0.397 e. The molecule has 21 heavy (non-hydrogen) atoms. The fourth-order valence-electron chi connectivity index (χ4n) is 1.91. The Labute approximate surface area is 127 Å². The first-order valence-corrected chi connectivity index (χ1v) is 6.81. The predicted molar refractivity (Wildman–Crippen MR) is 80.6 cm³/mol. The zero-order valence-corrected chi connectivity index (χ0v) is 12.6.